The summed E-state index contributed by atoms with van der Waals surface area (Å²) in [7, 11) is 0. The first-order chi connectivity index (χ1) is 17.2. The predicted octanol–water partition coefficient (Wildman–Crippen LogP) is 6.73. The summed E-state index contributed by atoms with van der Waals surface area (Å²) < 4.78 is 5.83. The van der Waals surface area contributed by atoms with Crippen LogP contribution >= 0.6 is 0 Å². The van der Waals surface area contributed by atoms with Gasteiger partial charge in [-0.2, -0.15) is 0 Å². The molecule has 35 heavy (non-hydrogen) atoms. The minimum atomic E-state index is -0.442. The largest absolute Gasteiger partial charge is 0.423 e. The fraction of sp³-hybridized carbons (Fsp3) is 0. The third-order valence-corrected chi connectivity index (χ3v) is 5.79. The molecule has 0 fully saturated rings. The molecule has 4 aromatic carbocycles. The molecule has 0 bridgehead atoms. The molecule has 0 spiro atoms. The summed E-state index contributed by atoms with van der Waals surface area (Å²) in [4.78, 5) is 27.3. The molecule has 0 aliphatic rings. The van der Waals surface area contributed by atoms with E-state index < -0.39 is 5.97 Å². The van der Waals surface area contributed by atoms with E-state index in [0.29, 0.717) is 17.0 Å². The molecule has 0 saturated heterocycles. The number of nitrogens with zero attached hydrogens (tertiary/aromatic N) is 3. The normalized spacial score (nSPS) is 11.0. The highest BCUT2D eigenvalue weighted by atomic mass is 16.5. The van der Waals surface area contributed by atoms with E-state index >= 15 is 0 Å². The molecule has 0 N–H and O–H groups in total. The number of ether oxygens (including phenoxy) is 1. The molecular weight excluding hydrogens is 434 g/mol. The average molecular weight is 454 g/mol. The van der Waals surface area contributed by atoms with E-state index in [0.717, 1.165) is 38.8 Å². The Balaban J connectivity index is 1.36. The minimum Gasteiger partial charge on any atom is -0.423 e. The highest BCUT2D eigenvalue weighted by molar-refractivity contribution is 6.05. The molecule has 5 heteroatoms. The highest BCUT2D eigenvalue weighted by Crippen LogP contribution is 2.28. The van der Waals surface area contributed by atoms with Crippen LogP contribution in [0, 0.1) is 0 Å². The van der Waals surface area contributed by atoms with Crippen molar-refractivity contribution in [1.82, 2.24) is 15.0 Å². The van der Waals surface area contributed by atoms with Crippen LogP contribution in [0.4, 0.5) is 0 Å². The lowest BCUT2D eigenvalue weighted by Crippen LogP contribution is -2.10. The van der Waals surface area contributed by atoms with Gasteiger partial charge in [0.15, 0.2) is 0 Å². The Bertz CT molecular complexity index is 1700. The van der Waals surface area contributed by atoms with E-state index in [1.54, 1.807) is 24.4 Å². The van der Waals surface area contributed by atoms with Crippen LogP contribution in [0.25, 0.3) is 44.5 Å². The summed E-state index contributed by atoms with van der Waals surface area (Å²) in [6, 6.07) is 34.2. The molecular formula is C30H19N3O2. The van der Waals surface area contributed by atoms with E-state index in [2.05, 4.69) is 4.98 Å². The Kier molecular flexibility index (Phi) is 5.20. The Morgan fingerprint density at radius 2 is 1.29 bits per heavy atom. The zero-order valence-electron chi connectivity index (χ0n) is 18.6. The van der Waals surface area contributed by atoms with Gasteiger partial charge < -0.3 is 4.74 Å². The van der Waals surface area contributed by atoms with Crippen molar-refractivity contribution in [2.75, 3.05) is 0 Å². The van der Waals surface area contributed by atoms with Crippen molar-refractivity contribution in [1.29, 1.82) is 0 Å². The van der Waals surface area contributed by atoms with E-state index in [9.17, 15) is 4.79 Å². The van der Waals surface area contributed by atoms with Gasteiger partial charge in [0.2, 0.25) is 0 Å². The van der Waals surface area contributed by atoms with Crippen LogP contribution in [0.5, 0.6) is 5.75 Å². The van der Waals surface area contributed by atoms with Crippen LogP contribution in [-0.4, -0.2) is 20.9 Å². The van der Waals surface area contributed by atoms with Crippen molar-refractivity contribution in [3.63, 3.8) is 0 Å². The van der Waals surface area contributed by atoms with Gasteiger partial charge in [-0.3, -0.25) is 4.98 Å². The van der Waals surface area contributed by atoms with Crippen molar-refractivity contribution in [3.05, 3.63) is 121 Å². The van der Waals surface area contributed by atoms with Gasteiger partial charge >= 0.3 is 5.97 Å². The first-order valence-electron chi connectivity index (χ1n) is 11.2. The molecule has 0 amide bonds. The van der Waals surface area contributed by atoms with Crippen LogP contribution in [0.1, 0.15) is 10.4 Å². The summed E-state index contributed by atoms with van der Waals surface area (Å²) >= 11 is 0. The Labute approximate surface area is 201 Å². The van der Waals surface area contributed by atoms with Crippen LogP contribution in [0.3, 0.4) is 0 Å². The maximum absolute atomic E-state index is 13.4. The van der Waals surface area contributed by atoms with E-state index in [1.165, 1.54) is 0 Å². The molecule has 0 unspecified atom stereocenters. The standard InChI is InChI=1S/C30H19N3O2/c34-30(24-18-28(20-9-2-1-3-10-20)32-25-14-5-4-13-23(24)25)35-22-12-8-11-21(17-22)29-19-31-26-15-6-7-16-27(26)33-29/h1-19H. The van der Waals surface area contributed by atoms with Gasteiger partial charge in [0.1, 0.15) is 5.75 Å². The second-order valence-electron chi connectivity index (χ2n) is 8.10. The van der Waals surface area contributed by atoms with Crippen LogP contribution in [0.15, 0.2) is 115 Å². The molecule has 166 valence electrons. The first kappa shape index (κ1) is 20.7. The van der Waals surface area contributed by atoms with Gasteiger partial charge in [-0.25, -0.2) is 14.8 Å². The Morgan fingerprint density at radius 1 is 0.600 bits per heavy atom. The number of hydrogen-bond donors (Lipinski definition) is 0. The number of aromatic nitrogens is 3. The Morgan fingerprint density at radius 3 is 2.14 bits per heavy atom. The number of benzene rings is 4. The molecule has 0 saturated carbocycles. The molecule has 0 radical (unpaired) electrons. The summed E-state index contributed by atoms with van der Waals surface area (Å²) in [5, 5.41) is 0.744. The van der Waals surface area contributed by atoms with Crippen molar-refractivity contribution < 1.29 is 9.53 Å². The predicted molar refractivity (Wildman–Crippen MR) is 137 cm³/mol. The van der Waals surface area contributed by atoms with Gasteiger partial charge in [-0.1, -0.05) is 72.8 Å². The molecule has 0 aliphatic heterocycles. The molecule has 0 aliphatic carbocycles. The zero-order chi connectivity index (χ0) is 23.6. The first-order valence-corrected chi connectivity index (χ1v) is 11.2. The molecule has 5 nitrogen and oxygen atoms in total. The van der Waals surface area contributed by atoms with Crippen LogP contribution in [-0.2, 0) is 0 Å². The monoisotopic (exact) mass is 453 g/mol. The van der Waals surface area contributed by atoms with Gasteiger partial charge in [0.25, 0.3) is 0 Å². The summed E-state index contributed by atoms with van der Waals surface area (Å²) in [5.74, 6) is -0.00728. The van der Waals surface area contributed by atoms with Crippen molar-refractivity contribution in [2.45, 2.75) is 0 Å². The van der Waals surface area contributed by atoms with Crippen LogP contribution in [0.2, 0.25) is 0 Å². The maximum atomic E-state index is 13.4. The molecule has 2 aromatic heterocycles. The smallest absolute Gasteiger partial charge is 0.344 e. The zero-order valence-corrected chi connectivity index (χ0v) is 18.6. The number of rotatable bonds is 4. The van der Waals surface area contributed by atoms with Gasteiger partial charge in [-0.05, 0) is 36.4 Å². The number of esters is 1. The number of para-hydroxylation sites is 3. The maximum Gasteiger partial charge on any atom is 0.344 e. The molecule has 6 rings (SSSR count). The average Bonchev–Trinajstić information content (AvgIpc) is 2.92. The fourth-order valence-electron chi connectivity index (χ4n) is 4.08. The summed E-state index contributed by atoms with van der Waals surface area (Å²) in [5.41, 5.74) is 6.02. The van der Waals surface area contributed by atoms with E-state index in [1.807, 2.05) is 91.0 Å². The molecule has 0 atom stereocenters. The number of carbonyl (C=O) groups excluding carboxylic acids is 1. The van der Waals surface area contributed by atoms with Gasteiger partial charge in [-0.15, -0.1) is 0 Å². The highest BCUT2D eigenvalue weighted by Gasteiger charge is 2.16. The van der Waals surface area contributed by atoms with E-state index in [-0.39, 0.29) is 0 Å². The second-order valence-corrected chi connectivity index (χ2v) is 8.10. The lowest BCUT2D eigenvalue weighted by Gasteiger charge is -2.11. The summed E-state index contributed by atoms with van der Waals surface area (Å²) in [6.45, 7) is 0. The van der Waals surface area contributed by atoms with Crippen molar-refractivity contribution in [3.8, 4) is 28.3 Å². The number of fused-ring (bicyclic) bond motifs is 2. The topological polar surface area (TPSA) is 65.0 Å². The second kappa shape index (κ2) is 8.80. The third-order valence-electron chi connectivity index (χ3n) is 5.79. The van der Waals surface area contributed by atoms with Crippen LogP contribution < -0.4 is 4.74 Å². The fourth-order valence-corrected chi connectivity index (χ4v) is 4.08. The number of pyridine rings is 1. The van der Waals surface area contributed by atoms with Crippen molar-refractivity contribution >= 4 is 27.9 Å². The van der Waals surface area contributed by atoms with Crippen molar-refractivity contribution in [2.24, 2.45) is 0 Å². The molecule has 6 aromatic rings. The Hall–Kier alpha value is -4.90. The van der Waals surface area contributed by atoms with Gasteiger partial charge in [0.05, 0.1) is 39.7 Å². The lowest BCUT2D eigenvalue weighted by molar-refractivity contribution is 0.0737. The third kappa shape index (κ3) is 4.11. The molecule has 2 heterocycles. The number of carbonyl (C=O) groups is 1. The lowest BCUT2D eigenvalue weighted by atomic mass is 10.0. The quantitative estimate of drug-likeness (QED) is 0.219. The van der Waals surface area contributed by atoms with E-state index in [4.69, 9.17) is 14.7 Å². The number of hydrogen-bond acceptors (Lipinski definition) is 5. The van der Waals surface area contributed by atoms with Gasteiger partial charge in [0, 0.05) is 16.5 Å². The minimum absolute atomic E-state index is 0.435. The summed E-state index contributed by atoms with van der Waals surface area (Å²) in [6.07, 6.45) is 1.73. The SMILES string of the molecule is O=C(Oc1cccc(-c2cnc3ccccc3n2)c1)c1cc(-c2ccccc2)nc2ccccc12.